The molecule has 25 heavy (non-hydrogen) atoms. The molecule has 0 bridgehead atoms. The topological polar surface area (TPSA) is 91.7 Å². The van der Waals surface area contributed by atoms with Gasteiger partial charge in [-0.05, 0) is 37.6 Å². The predicted octanol–water partition coefficient (Wildman–Crippen LogP) is 2.16. The van der Waals surface area contributed by atoms with Crippen LogP contribution in [0.15, 0.2) is 47.1 Å². The molecule has 0 aliphatic carbocycles. The molecule has 3 amide bonds. The highest BCUT2D eigenvalue weighted by Crippen LogP contribution is 2.29. The number of hydrogen-bond acceptors (Lipinski definition) is 4. The number of para-hydroxylation sites is 2. The Morgan fingerprint density at radius 3 is 2.68 bits per heavy atom. The monoisotopic (exact) mass is 341 g/mol. The molecule has 2 N–H and O–H groups in total. The van der Waals surface area contributed by atoms with Crippen molar-refractivity contribution in [2.45, 2.75) is 25.8 Å². The summed E-state index contributed by atoms with van der Waals surface area (Å²) in [6.45, 7) is 2.22. The minimum absolute atomic E-state index is 0.0425. The number of furan rings is 1. The number of carbonyl (C=O) groups excluding carboxylic acids is 3. The molecule has 1 aliphatic rings. The first-order valence-corrected chi connectivity index (χ1v) is 8.11. The molecule has 0 radical (unpaired) electrons. The average Bonchev–Trinajstić information content (AvgIpc) is 3.27. The minimum Gasteiger partial charge on any atom is -0.459 e. The molecule has 1 unspecified atom stereocenters. The Labute approximate surface area is 145 Å². The molecule has 130 valence electrons. The van der Waals surface area contributed by atoms with Crippen molar-refractivity contribution in [1.82, 2.24) is 5.32 Å². The van der Waals surface area contributed by atoms with E-state index in [4.69, 9.17) is 4.42 Å². The molecule has 1 fully saturated rings. The summed E-state index contributed by atoms with van der Waals surface area (Å²) in [5.41, 5.74) is 1.21. The Morgan fingerprint density at radius 1 is 1.20 bits per heavy atom. The van der Waals surface area contributed by atoms with Gasteiger partial charge in [0.25, 0.3) is 5.91 Å². The zero-order chi connectivity index (χ0) is 17.8. The smallest absolute Gasteiger partial charge is 0.287 e. The molecule has 1 aromatic heterocycles. The Morgan fingerprint density at radius 2 is 2.00 bits per heavy atom. The standard InChI is InChI=1S/C18H19N3O4/c1-12(19-18(24)15-8-5-11-25-15)17(23)20-13-6-2-3-7-14(13)21-10-4-9-16(21)22/h2-3,5-8,11-12H,4,9-10H2,1H3,(H,19,24)(H,20,23). The van der Waals surface area contributed by atoms with Crippen LogP contribution in [0.2, 0.25) is 0 Å². The number of rotatable bonds is 5. The maximum absolute atomic E-state index is 12.4. The summed E-state index contributed by atoms with van der Waals surface area (Å²) in [6.07, 6.45) is 2.71. The molecule has 3 rings (SSSR count). The zero-order valence-corrected chi connectivity index (χ0v) is 13.8. The van der Waals surface area contributed by atoms with E-state index in [1.165, 1.54) is 12.3 Å². The molecule has 1 aromatic carbocycles. The third-order valence-corrected chi connectivity index (χ3v) is 4.01. The van der Waals surface area contributed by atoms with Gasteiger partial charge in [0, 0.05) is 13.0 Å². The van der Waals surface area contributed by atoms with Crippen LogP contribution in [0.25, 0.3) is 0 Å². The summed E-state index contributed by atoms with van der Waals surface area (Å²) in [4.78, 5) is 38.0. The van der Waals surface area contributed by atoms with Gasteiger partial charge in [0.15, 0.2) is 5.76 Å². The van der Waals surface area contributed by atoms with Gasteiger partial charge >= 0.3 is 0 Å². The van der Waals surface area contributed by atoms with E-state index in [-0.39, 0.29) is 17.6 Å². The van der Waals surface area contributed by atoms with Crippen molar-refractivity contribution in [3.8, 4) is 0 Å². The van der Waals surface area contributed by atoms with Crippen molar-refractivity contribution in [2.24, 2.45) is 0 Å². The molecule has 2 heterocycles. The van der Waals surface area contributed by atoms with Gasteiger partial charge in [-0.1, -0.05) is 12.1 Å². The molecule has 1 saturated heterocycles. The summed E-state index contributed by atoms with van der Waals surface area (Å²) >= 11 is 0. The van der Waals surface area contributed by atoms with E-state index < -0.39 is 11.9 Å². The second-order valence-corrected chi connectivity index (χ2v) is 5.83. The first kappa shape index (κ1) is 16.8. The number of benzene rings is 1. The number of nitrogens with zero attached hydrogens (tertiary/aromatic N) is 1. The molecular weight excluding hydrogens is 322 g/mol. The van der Waals surface area contributed by atoms with Gasteiger partial charge in [0.1, 0.15) is 6.04 Å². The van der Waals surface area contributed by atoms with E-state index in [1.54, 1.807) is 36.1 Å². The lowest BCUT2D eigenvalue weighted by Crippen LogP contribution is -2.41. The lowest BCUT2D eigenvalue weighted by Gasteiger charge is -2.21. The van der Waals surface area contributed by atoms with Crippen LogP contribution in [-0.2, 0) is 9.59 Å². The first-order valence-electron chi connectivity index (χ1n) is 8.11. The van der Waals surface area contributed by atoms with Crippen LogP contribution in [0.4, 0.5) is 11.4 Å². The maximum Gasteiger partial charge on any atom is 0.287 e. The molecule has 1 aliphatic heterocycles. The number of amides is 3. The Balaban J connectivity index is 1.68. The third kappa shape index (κ3) is 3.71. The molecule has 7 nitrogen and oxygen atoms in total. The molecule has 7 heteroatoms. The summed E-state index contributed by atoms with van der Waals surface area (Å²) in [7, 11) is 0. The molecule has 0 saturated carbocycles. The highest BCUT2D eigenvalue weighted by molar-refractivity contribution is 6.04. The highest BCUT2D eigenvalue weighted by atomic mass is 16.3. The van der Waals surface area contributed by atoms with Crippen molar-refractivity contribution < 1.29 is 18.8 Å². The van der Waals surface area contributed by atoms with Crippen molar-refractivity contribution in [3.63, 3.8) is 0 Å². The van der Waals surface area contributed by atoms with Crippen LogP contribution in [-0.4, -0.2) is 30.3 Å². The summed E-state index contributed by atoms with van der Waals surface area (Å²) in [5.74, 6) is -0.654. The Bertz CT molecular complexity index is 785. The first-order chi connectivity index (χ1) is 12.1. The van der Waals surface area contributed by atoms with Crippen LogP contribution in [0.5, 0.6) is 0 Å². The van der Waals surface area contributed by atoms with Gasteiger partial charge in [0.2, 0.25) is 11.8 Å². The Kier molecular flexibility index (Phi) is 4.83. The second kappa shape index (κ2) is 7.21. The summed E-state index contributed by atoms with van der Waals surface area (Å²) in [6, 6.07) is 9.49. The molecule has 0 spiro atoms. The van der Waals surface area contributed by atoms with E-state index >= 15 is 0 Å². The zero-order valence-electron chi connectivity index (χ0n) is 13.8. The number of carbonyl (C=O) groups is 3. The lowest BCUT2D eigenvalue weighted by atomic mass is 10.2. The van der Waals surface area contributed by atoms with E-state index in [9.17, 15) is 14.4 Å². The van der Waals surface area contributed by atoms with Gasteiger partial charge in [-0.3, -0.25) is 14.4 Å². The molecular formula is C18H19N3O4. The van der Waals surface area contributed by atoms with Gasteiger partial charge in [0.05, 0.1) is 17.6 Å². The third-order valence-electron chi connectivity index (χ3n) is 4.01. The van der Waals surface area contributed by atoms with E-state index in [0.717, 1.165) is 6.42 Å². The SMILES string of the molecule is CC(NC(=O)c1ccco1)C(=O)Nc1ccccc1N1CCCC1=O. The largest absolute Gasteiger partial charge is 0.459 e. The van der Waals surface area contributed by atoms with Crippen LogP contribution in [0.1, 0.15) is 30.3 Å². The average molecular weight is 341 g/mol. The van der Waals surface area contributed by atoms with Crippen LogP contribution >= 0.6 is 0 Å². The van der Waals surface area contributed by atoms with E-state index in [1.807, 2.05) is 6.07 Å². The van der Waals surface area contributed by atoms with Crippen molar-refractivity contribution >= 4 is 29.1 Å². The minimum atomic E-state index is -0.764. The lowest BCUT2D eigenvalue weighted by molar-refractivity contribution is -0.118. The fourth-order valence-corrected chi connectivity index (χ4v) is 2.70. The number of anilines is 2. The van der Waals surface area contributed by atoms with Crippen LogP contribution in [0, 0.1) is 0 Å². The fourth-order valence-electron chi connectivity index (χ4n) is 2.70. The fraction of sp³-hybridized carbons (Fsp3) is 0.278. The Hall–Kier alpha value is -3.09. The summed E-state index contributed by atoms with van der Waals surface area (Å²) in [5, 5.41) is 5.36. The normalized spacial score (nSPS) is 15.1. The highest BCUT2D eigenvalue weighted by Gasteiger charge is 2.25. The number of nitrogens with one attached hydrogen (secondary N) is 2. The van der Waals surface area contributed by atoms with Crippen molar-refractivity contribution in [1.29, 1.82) is 0 Å². The van der Waals surface area contributed by atoms with Gasteiger partial charge in [-0.2, -0.15) is 0 Å². The van der Waals surface area contributed by atoms with Crippen LogP contribution in [0.3, 0.4) is 0 Å². The summed E-state index contributed by atoms with van der Waals surface area (Å²) < 4.78 is 5.00. The number of hydrogen-bond donors (Lipinski definition) is 2. The van der Waals surface area contributed by atoms with Gasteiger partial charge < -0.3 is 20.0 Å². The van der Waals surface area contributed by atoms with Crippen molar-refractivity contribution in [3.05, 3.63) is 48.4 Å². The predicted molar refractivity (Wildman–Crippen MR) is 92.3 cm³/mol. The molecule has 2 aromatic rings. The van der Waals surface area contributed by atoms with Crippen molar-refractivity contribution in [2.75, 3.05) is 16.8 Å². The molecule has 1 atom stereocenters. The van der Waals surface area contributed by atoms with E-state index in [0.29, 0.717) is 24.3 Å². The van der Waals surface area contributed by atoms with Crippen LogP contribution < -0.4 is 15.5 Å². The van der Waals surface area contributed by atoms with Gasteiger partial charge in [-0.25, -0.2) is 0 Å². The van der Waals surface area contributed by atoms with E-state index in [2.05, 4.69) is 10.6 Å². The maximum atomic E-state index is 12.4. The second-order valence-electron chi connectivity index (χ2n) is 5.83. The quantitative estimate of drug-likeness (QED) is 0.872. The van der Waals surface area contributed by atoms with Gasteiger partial charge in [-0.15, -0.1) is 0 Å².